The Kier molecular flexibility index (Phi) is 4.47. The van der Waals surface area contributed by atoms with Crippen LogP contribution in [0.25, 0.3) is 11.3 Å². The molecule has 0 radical (unpaired) electrons. The molecule has 0 aliphatic rings. The number of carbonyl (C=O) groups is 1. The summed E-state index contributed by atoms with van der Waals surface area (Å²) in [6.45, 7) is 3.74. The molecule has 0 fully saturated rings. The van der Waals surface area contributed by atoms with Crippen molar-refractivity contribution < 1.29 is 9.32 Å². The summed E-state index contributed by atoms with van der Waals surface area (Å²) in [5.74, 6) is 1.17. The fourth-order valence-electron chi connectivity index (χ4n) is 2.12. The molecule has 23 heavy (non-hydrogen) atoms. The van der Waals surface area contributed by atoms with Crippen molar-refractivity contribution in [2.45, 2.75) is 19.0 Å². The van der Waals surface area contributed by atoms with Crippen molar-refractivity contribution in [1.29, 1.82) is 0 Å². The number of aromatic amines is 1. The van der Waals surface area contributed by atoms with E-state index in [9.17, 15) is 4.79 Å². The number of benzene rings is 1. The Bertz CT molecular complexity index is 811. The zero-order valence-electron chi connectivity index (χ0n) is 12.8. The number of hydrogen-bond acceptors (Lipinski definition) is 5. The number of thioether (sulfide) groups is 1. The van der Waals surface area contributed by atoms with Crippen molar-refractivity contribution in [3.05, 3.63) is 47.9 Å². The van der Waals surface area contributed by atoms with Crippen molar-refractivity contribution >= 4 is 23.5 Å². The molecule has 0 bridgehead atoms. The molecule has 3 rings (SSSR count). The Morgan fingerprint density at radius 3 is 2.78 bits per heavy atom. The highest BCUT2D eigenvalue weighted by atomic mass is 32.2. The lowest BCUT2D eigenvalue weighted by Crippen LogP contribution is -2.14. The lowest BCUT2D eigenvalue weighted by molar-refractivity contribution is -0.113. The van der Waals surface area contributed by atoms with E-state index in [1.54, 1.807) is 13.0 Å². The van der Waals surface area contributed by atoms with E-state index >= 15 is 0 Å². The van der Waals surface area contributed by atoms with Crippen LogP contribution in [0.15, 0.2) is 46.1 Å². The molecule has 7 heteroatoms. The molecule has 0 unspecified atom stereocenters. The number of amides is 1. The number of H-pyrrole nitrogens is 1. The monoisotopic (exact) mass is 328 g/mol. The highest BCUT2D eigenvalue weighted by Gasteiger charge is 2.12. The Morgan fingerprint density at radius 1 is 1.30 bits per heavy atom. The zero-order valence-corrected chi connectivity index (χ0v) is 13.6. The second-order valence-corrected chi connectivity index (χ2v) is 6.01. The third-order valence-corrected chi connectivity index (χ3v) is 4.02. The quantitative estimate of drug-likeness (QED) is 0.701. The first kappa shape index (κ1) is 15.4. The van der Waals surface area contributed by atoms with Crippen molar-refractivity contribution in [1.82, 2.24) is 15.1 Å². The van der Waals surface area contributed by atoms with Crippen molar-refractivity contribution in [3.8, 4) is 11.3 Å². The van der Waals surface area contributed by atoms with Gasteiger partial charge in [-0.05, 0) is 13.8 Å². The van der Waals surface area contributed by atoms with Crippen LogP contribution in [0.4, 0.5) is 5.82 Å². The van der Waals surface area contributed by atoms with Crippen LogP contribution >= 0.6 is 11.8 Å². The molecule has 0 spiro atoms. The van der Waals surface area contributed by atoms with E-state index in [0.717, 1.165) is 17.0 Å². The summed E-state index contributed by atoms with van der Waals surface area (Å²) >= 11 is 1.35. The van der Waals surface area contributed by atoms with Gasteiger partial charge in [-0.1, -0.05) is 47.3 Å². The van der Waals surface area contributed by atoms with Gasteiger partial charge in [-0.2, -0.15) is 0 Å². The maximum atomic E-state index is 11.9. The van der Waals surface area contributed by atoms with Crippen LogP contribution < -0.4 is 5.32 Å². The summed E-state index contributed by atoms with van der Waals surface area (Å²) in [6, 6.07) is 11.6. The van der Waals surface area contributed by atoms with Crippen LogP contribution in [0.1, 0.15) is 11.5 Å². The van der Waals surface area contributed by atoms with Gasteiger partial charge < -0.3 is 14.8 Å². The van der Waals surface area contributed by atoms with Crippen LogP contribution in [0.5, 0.6) is 0 Å². The molecular weight excluding hydrogens is 312 g/mol. The van der Waals surface area contributed by atoms with Gasteiger partial charge in [-0.3, -0.25) is 4.79 Å². The second kappa shape index (κ2) is 6.70. The van der Waals surface area contributed by atoms with Crippen LogP contribution in [-0.2, 0) is 4.79 Å². The van der Waals surface area contributed by atoms with Gasteiger partial charge in [0.15, 0.2) is 11.0 Å². The lowest BCUT2D eigenvalue weighted by atomic mass is 10.1. The minimum absolute atomic E-state index is 0.154. The summed E-state index contributed by atoms with van der Waals surface area (Å²) in [5.41, 5.74) is 2.93. The zero-order chi connectivity index (χ0) is 16.2. The number of carbonyl (C=O) groups excluding carboxylic acids is 1. The molecule has 0 atom stereocenters. The molecule has 0 saturated carbocycles. The van der Waals surface area contributed by atoms with Gasteiger partial charge in [-0.25, -0.2) is 4.98 Å². The molecule has 0 aliphatic heterocycles. The predicted molar refractivity (Wildman–Crippen MR) is 89.4 cm³/mol. The summed E-state index contributed by atoms with van der Waals surface area (Å²) in [4.78, 5) is 19.7. The predicted octanol–water partition coefficient (Wildman–Crippen LogP) is 3.41. The summed E-state index contributed by atoms with van der Waals surface area (Å²) in [6.07, 6.45) is 0. The molecular formula is C16H16N4O2S. The van der Waals surface area contributed by atoms with E-state index in [0.29, 0.717) is 16.7 Å². The molecule has 6 nitrogen and oxygen atoms in total. The van der Waals surface area contributed by atoms with E-state index < -0.39 is 0 Å². The number of imidazole rings is 1. The van der Waals surface area contributed by atoms with E-state index in [1.165, 1.54) is 11.8 Å². The molecule has 2 heterocycles. The molecule has 2 N–H and O–H groups in total. The van der Waals surface area contributed by atoms with Gasteiger partial charge in [0.25, 0.3) is 0 Å². The van der Waals surface area contributed by atoms with Crippen molar-refractivity contribution in [2.75, 3.05) is 11.1 Å². The van der Waals surface area contributed by atoms with Gasteiger partial charge in [0, 0.05) is 17.3 Å². The van der Waals surface area contributed by atoms with Crippen LogP contribution in [0.2, 0.25) is 0 Å². The average molecular weight is 328 g/mol. The first-order chi connectivity index (χ1) is 11.1. The van der Waals surface area contributed by atoms with Crippen LogP contribution in [0, 0.1) is 13.8 Å². The largest absolute Gasteiger partial charge is 0.360 e. The van der Waals surface area contributed by atoms with Crippen LogP contribution in [-0.4, -0.2) is 26.8 Å². The fourth-order valence-corrected chi connectivity index (χ4v) is 2.84. The van der Waals surface area contributed by atoms with E-state index in [-0.39, 0.29) is 11.7 Å². The third kappa shape index (κ3) is 3.81. The standard InChI is InChI=1S/C16H16N4O2S/c1-10-8-13(20-22-10)18-14(21)9-23-16-17-11(2)15(19-16)12-6-4-3-5-7-12/h3-8H,9H2,1-2H3,(H,17,19)(H,18,20,21). The Hall–Kier alpha value is -2.54. The molecule has 2 aromatic heterocycles. The second-order valence-electron chi connectivity index (χ2n) is 5.04. The summed E-state index contributed by atoms with van der Waals surface area (Å²) < 4.78 is 4.91. The highest BCUT2D eigenvalue weighted by molar-refractivity contribution is 7.99. The van der Waals surface area contributed by atoms with Gasteiger partial charge >= 0.3 is 0 Å². The van der Waals surface area contributed by atoms with Gasteiger partial charge in [-0.15, -0.1) is 0 Å². The Labute approximate surface area is 137 Å². The van der Waals surface area contributed by atoms with Crippen molar-refractivity contribution in [2.24, 2.45) is 0 Å². The van der Waals surface area contributed by atoms with E-state index in [2.05, 4.69) is 20.4 Å². The number of rotatable bonds is 5. The Balaban J connectivity index is 1.61. The number of nitrogens with one attached hydrogen (secondary N) is 2. The number of aromatic nitrogens is 3. The first-order valence-electron chi connectivity index (χ1n) is 7.10. The molecule has 0 saturated heterocycles. The van der Waals surface area contributed by atoms with Gasteiger partial charge in [0.05, 0.1) is 11.4 Å². The normalized spacial score (nSPS) is 10.7. The van der Waals surface area contributed by atoms with Gasteiger partial charge in [0.2, 0.25) is 5.91 Å². The highest BCUT2D eigenvalue weighted by Crippen LogP contribution is 2.24. The number of nitrogens with zero attached hydrogens (tertiary/aromatic N) is 2. The average Bonchev–Trinajstić information content (AvgIpc) is 3.12. The minimum Gasteiger partial charge on any atom is -0.360 e. The third-order valence-electron chi connectivity index (χ3n) is 3.15. The van der Waals surface area contributed by atoms with Gasteiger partial charge in [0.1, 0.15) is 5.76 Å². The molecule has 3 aromatic rings. The number of anilines is 1. The molecule has 1 aromatic carbocycles. The number of aryl methyl sites for hydroxylation is 2. The summed E-state index contributed by atoms with van der Waals surface area (Å²) in [7, 11) is 0. The minimum atomic E-state index is -0.154. The van der Waals surface area contributed by atoms with Crippen LogP contribution in [0.3, 0.4) is 0 Å². The topological polar surface area (TPSA) is 83.8 Å². The maximum Gasteiger partial charge on any atom is 0.236 e. The number of hydrogen-bond donors (Lipinski definition) is 2. The maximum absolute atomic E-state index is 11.9. The summed E-state index contributed by atoms with van der Waals surface area (Å²) in [5, 5.41) is 7.12. The smallest absolute Gasteiger partial charge is 0.236 e. The first-order valence-corrected chi connectivity index (χ1v) is 8.08. The fraction of sp³-hybridized carbons (Fsp3) is 0.188. The molecule has 1 amide bonds. The molecule has 118 valence electrons. The van der Waals surface area contributed by atoms with E-state index in [4.69, 9.17) is 4.52 Å². The van der Waals surface area contributed by atoms with E-state index in [1.807, 2.05) is 37.3 Å². The molecule has 0 aliphatic carbocycles. The van der Waals surface area contributed by atoms with Crippen molar-refractivity contribution in [3.63, 3.8) is 0 Å². The Morgan fingerprint density at radius 2 is 2.09 bits per heavy atom. The SMILES string of the molecule is Cc1cc(NC(=O)CSc2nc(-c3ccccc3)c(C)[nH]2)no1. The lowest BCUT2D eigenvalue weighted by Gasteiger charge is -1.99.